The number of piperazine rings is 1. The van der Waals surface area contributed by atoms with Gasteiger partial charge in [0.15, 0.2) is 5.82 Å². The summed E-state index contributed by atoms with van der Waals surface area (Å²) < 4.78 is 38.7. The molecule has 15 nitrogen and oxygen atoms in total. The van der Waals surface area contributed by atoms with Crippen molar-refractivity contribution in [3.8, 4) is 50.3 Å². The molecule has 3 aromatic heterocycles. The summed E-state index contributed by atoms with van der Waals surface area (Å²) in [6, 6.07) is 23.8. The summed E-state index contributed by atoms with van der Waals surface area (Å²) >= 11 is 8.30. The van der Waals surface area contributed by atoms with Crippen molar-refractivity contribution in [2.24, 2.45) is 0 Å². The Morgan fingerprint density at radius 3 is 2.44 bits per heavy atom. The van der Waals surface area contributed by atoms with Crippen molar-refractivity contribution in [1.29, 1.82) is 0 Å². The number of amides is 1. The SMILES string of the molecule is COc1ccccc1-c1nccc(COc2ccc(CN(CCN3CCN(C)CC3)C(=O)OC(C)(C)C)cc2CC(Oc2ncnc3sc(-c4ccc(F)cc4)c(-c4ccc(C=O)c(C)c4Cl)c23)C(=O)O)n1. The summed E-state index contributed by atoms with van der Waals surface area (Å²) in [6.07, 6.45) is 1.40. The van der Waals surface area contributed by atoms with Gasteiger partial charge >= 0.3 is 12.1 Å². The van der Waals surface area contributed by atoms with Crippen molar-refractivity contribution in [3.05, 3.63) is 136 Å². The Kier molecular flexibility index (Phi) is 16.1. The van der Waals surface area contributed by atoms with Crippen molar-refractivity contribution < 1.29 is 42.8 Å². The molecule has 18 heteroatoms. The molecule has 1 saturated heterocycles. The largest absolute Gasteiger partial charge is 0.496 e. The van der Waals surface area contributed by atoms with Crippen LogP contribution in [0.5, 0.6) is 17.4 Å². The molecule has 0 aliphatic carbocycles. The van der Waals surface area contributed by atoms with Crippen LogP contribution in [-0.4, -0.2) is 123 Å². The first-order valence-electron chi connectivity index (χ1n) is 23.3. The molecular formula is C54H55ClFN7O8S. The quantitative estimate of drug-likeness (QED) is 0.0806. The van der Waals surface area contributed by atoms with E-state index in [0.717, 1.165) is 32.5 Å². The van der Waals surface area contributed by atoms with Gasteiger partial charge in [0.25, 0.3) is 0 Å². The lowest BCUT2D eigenvalue weighted by molar-refractivity contribution is -0.145. The number of ether oxygens (including phenoxy) is 4. The number of rotatable bonds is 18. The molecule has 72 heavy (non-hydrogen) atoms. The lowest BCUT2D eigenvalue weighted by atomic mass is 9.96. The van der Waals surface area contributed by atoms with E-state index in [1.165, 1.54) is 29.8 Å². The van der Waals surface area contributed by atoms with Crippen molar-refractivity contribution in [3.63, 3.8) is 0 Å². The minimum atomic E-state index is -1.55. The minimum absolute atomic E-state index is 0.00923. The zero-order valence-electron chi connectivity index (χ0n) is 40.9. The molecule has 1 N–H and O–H groups in total. The standard InChI is InChI=1S/C54H55ClFN7O8S/c1-33-36(30-64)14-17-41(47(33)55)45-46-50(58-32-59-51(46)72-48(45)35-12-15-38(56)16-13-35)70-44(52(65)66)28-37-27-34(29-63(53(67)71-54(2,3)4)26-25-62-23-21-61(5)22-24-62)11-18-42(37)69-31-39-19-20-57-49(60-39)40-9-7-8-10-43(40)68-6/h7-20,27,30,32,44H,21-26,28-29,31H2,1-6H3,(H,65,66). The molecule has 1 aliphatic heterocycles. The predicted octanol–water partition coefficient (Wildman–Crippen LogP) is 10.0. The summed E-state index contributed by atoms with van der Waals surface area (Å²) in [5, 5.41) is 11.6. The number of carboxylic acids is 1. The van der Waals surface area contributed by atoms with Crippen LogP contribution in [0.25, 0.3) is 43.2 Å². The number of thiophene rings is 1. The van der Waals surface area contributed by atoms with E-state index in [-0.39, 0.29) is 30.5 Å². The first kappa shape index (κ1) is 51.3. The van der Waals surface area contributed by atoms with Crippen LogP contribution >= 0.6 is 22.9 Å². The van der Waals surface area contributed by atoms with E-state index in [4.69, 9.17) is 35.5 Å². The topological polar surface area (TPSA) is 170 Å². The molecule has 4 aromatic carbocycles. The Morgan fingerprint density at radius 2 is 1.72 bits per heavy atom. The molecule has 1 aliphatic rings. The smallest absolute Gasteiger partial charge is 0.410 e. The van der Waals surface area contributed by atoms with Crippen molar-refractivity contribution in [2.45, 2.75) is 59.0 Å². The summed E-state index contributed by atoms with van der Waals surface area (Å²) in [5.41, 5.74) is 4.27. The third-order valence-electron chi connectivity index (χ3n) is 12.2. The maximum atomic E-state index is 14.3. The average molecular weight is 1020 g/mol. The minimum Gasteiger partial charge on any atom is -0.496 e. The van der Waals surface area contributed by atoms with E-state index in [1.54, 1.807) is 61.5 Å². The number of likely N-dealkylation sites (N-methyl/N-ethyl adjacent to an activating group) is 1. The number of carbonyl (C=O) groups excluding carboxylic acids is 2. The molecule has 0 saturated carbocycles. The van der Waals surface area contributed by atoms with Crippen molar-refractivity contribution in [1.82, 2.24) is 34.6 Å². The van der Waals surface area contributed by atoms with Gasteiger partial charge in [-0.1, -0.05) is 60.1 Å². The van der Waals surface area contributed by atoms with E-state index >= 15 is 0 Å². The van der Waals surface area contributed by atoms with E-state index in [9.17, 15) is 23.9 Å². The Labute approximate surface area is 426 Å². The van der Waals surface area contributed by atoms with Gasteiger partial charge in [0.05, 0.1) is 28.8 Å². The molecule has 0 spiro atoms. The highest BCUT2D eigenvalue weighted by Gasteiger charge is 2.30. The molecule has 4 heterocycles. The Hall–Kier alpha value is -7.05. The molecule has 1 unspecified atom stereocenters. The summed E-state index contributed by atoms with van der Waals surface area (Å²) in [4.78, 5) is 64.9. The van der Waals surface area contributed by atoms with Gasteiger partial charge in [0.1, 0.15) is 47.0 Å². The zero-order chi connectivity index (χ0) is 51.1. The highest BCUT2D eigenvalue weighted by molar-refractivity contribution is 7.22. The van der Waals surface area contributed by atoms with Crippen LogP contribution in [0, 0.1) is 12.7 Å². The third kappa shape index (κ3) is 12.2. The maximum absolute atomic E-state index is 14.3. The third-order valence-corrected chi connectivity index (χ3v) is 13.8. The highest BCUT2D eigenvalue weighted by Crippen LogP contribution is 2.49. The summed E-state index contributed by atoms with van der Waals surface area (Å²) in [6.45, 7) is 12.0. The van der Waals surface area contributed by atoms with Crippen molar-refractivity contribution >= 4 is 51.5 Å². The fraction of sp³-hybridized carbons (Fsp3) is 0.315. The normalized spacial score (nSPS) is 13.7. The number of aldehydes is 1. The number of carboxylic acid groups (broad SMARTS) is 1. The van der Waals surface area contributed by atoms with Gasteiger partial charge in [0.2, 0.25) is 12.0 Å². The molecule has 0 bridgehead atoms. The van der Waals surface area contributed by atoms with Gasteiger partial charge in [-0.25, -0.2) is 33.9 Å². The molecule has 8 rings (SSSR count). The number of halogens is 2. The number of hydrogen-bond acceptors (Lipinski definition) is 14. The number of para-hydroxylation sites is 1. The fourth-order valence-corrected chi connectivity index (χ4v) is 9.75. The van der Waals surface area contributed by atoms with Crippen LogP contribution in [0.3, 0.4) is 0 Å². The number of hydrogen-bond donors (Lipinski definition) is 1. The van der Waals surface area contributed by atoms with E-state index in [2.05, 4.69) is 31.8 Å². The number of methoxy groups -OCH3 is 1. The zero-order valence-corrected chi connectivity index (χ0v) is 42.4. The molecular weight excluding hydrogens is 961 g/mol. The molecule has 1 fully saturated rings. The van der Waals surface area contributed by atoms with Gasteiger partial charge < -0.3 is 33.9 Å². The second kappa shape index (κ2) is 22.6. The lowest BCUT2D eigenvalue weighted by Crippen LogP contribution is -2.48. The van der Waals surface area contributed by atoms with Gasteiger partial charge in [-0.2, -0.15) is 0 Å². The maximum Gasteiger partial charge on any atom is 0.410 e. The second-order valence-corrected chi connectivity index (χ2v) is 19.8. The number of fused-ring (bicyclic) bond motifs is 1. The van der Waals surface area contributed by atoms with Crippen LogP contribution < -0.4 is 14.2 Å². The average Bonchev–Trinajstić information content (AvgIpc) is 3.76. The van der Waals surface area contributed by atoms with Crippen LogP contribution in [-0.2, 0) is 29.1 Å². The first-order valence-corrected chi connectivity index (χ1v) is 24.5. The number of nitrogens with zero attached hydrogens (tertiary/aromatic N) is 7. The van der Waals surface area contributed by atoms with Gasteiger partial charge in [0, 0.05) is 80.0 Å². The summed E-state index contributed by atoms with van der Waals surface area (Å²) in [7, 11) is 3.67. The monoisotopic (exact) mass is 1020 g/mol. The Morgan fingerprint density at radius 1 is 0.958 bits per heavy atom. The summed E-state index contributed by atoms with van der Waals surface area (Å²) in [5.74, 6) is -0.365. The van der Waals surface area contributed by atoms with Gasteiger partial charge in [-0.3, -0.25) is 9.69 Å². The van der Waals surface area contributed by atoms with Crippen LogP contribution in [0.1, 0.15) is 53.5 Å². The number of aliphatic carboxylic acids is 1. The fourth-order valence-electron chi connectivity index (χ4n) is 8.33. The molecule has 7 aromatic rings. The van der Waals surface area contributed by atoms with Crippen LogP contribution in [0.15, 0.2) is 97.5 Å². The Balaban J connectivity index is 1.17. The van der Waals surface area contributed by atoms with E-state index in [0.29, 0.717) is 95.7 Å². The molecule has 374 valence electrons. The molecule has 1 atom stereocenters. The first-order chi connectivity index (χ1) is 34.6. The molecule has 0 radical (unpaired) electrons. The molecule has 1 amide bonds. The second-order valence-electron chi connectivity index (χ2n) is 18.4. The van der Waals surface area contributed by atoms with Crippen molar-refractivity contribution in [2.75, 3.05) is 53.4 Å². The van der Waals surface area contributed by atoms with Crippen LogP contribution in [0.4, 0.5) is 9.18 Å². The number of carbonyl (C=O) groups is 3. The van der Waals surface area contributed by atoms with Gasteiger partial charge in [-0.15, -0.1) is 11.3 Å². The van der Waals surface area contributed by atoms with E-state index in [1.807, 2.05) is 57.2 Å². The predicted molar refractivity (Wildman–Crippen MR) is 275 cm³/mol. The Bertz CT molecular complexity index is 3090. The van der Waals surface area contributed by atoms with Gasteiger partial charge in [-0.05, 0) is 93.4 Å². The van der Waals surface area contributed by atoms with E-state index < -0.39 is 29.6 Å². The van der Waals surface area contributed by atoms with Crippen LogP contribution in [0.2, 0.25) is 5.02 Å². The highest BCUT2D eigenvalue weighted by atomic mass is 35.5. The number of aromatic nitrogens is 4. The lowest BCUT2D eigenvalue weighted by Gasteiger charge is -2.34. The number of benzene rings is 4.